The summed E-state index contributed by atoms with van der Waals surface area (Å²) in [6, 6.07) is 16.6. The second kappa shape index (κ2) is 8.07. The van der Waals surface area contributed by atoms with Crippen LogP contribution < -0.4 is 4.74 Å². The molecule has 7 heteroatoms. The lowest BCUT2D eigenvalue weighted by Crippen LogP contribution is -2.17. The molecule has 1 aliphatic heterocycles. The number of imidazole rings is 1. The topological polar surface area (TPSA) is 60.0 Å². The van der Waals surface area contributed by atoms with Crippen LogP contribution in [0.25, 0.3) is 11.0 Å². The van der Waals surface area contributed by atoms with Crippen molar-refractivity contribution in [3.63, 3.8) is 0 Å². The Labute approximate surface area is 178 Å². The van der Waals surface area contributed by atoms with Crippen molar-refractivity contribution in [2.24, 2.45) is 0 Å². The number of hydrogen-bond acceptors (Lipinski definition) is 4. The predicted octanol–water partition coefficient (Wildman–Crippen LogP) is 5.78. The van der Waals surface area contributed by atoms with E-state index in [0.717, 1.165) is 18.4 Å². The number of alkyl halides is 2. The van der Waals surface area contributed by atoms with Gasteiger partial charge in [-0.05, 0) is 61.2 Å². The Balaban J connectivity index is 1.38. The van der Waals surface area contributed by atoms with Gasteiger partial charge in [-0.15, -0.1) is 0 Å². The number of nitrogens with zero attached hydrogens (tertiary/aromatic N) is 2. The largest absolute Gasteiger partial charge is 0.439 e. The number of halogens is 2. The molecule has 1 fully saturated rings. The minimum atomic E-state index is -3.25. The zero-order valence-electron chi connectivity index (χ0n) is 16.7. The number of H-pyrrole nitrogens is 1. The first-order chi connectivity index (χ1) is 15.1. The first-order valence-electron chi connectivity index (χ1n) is 10.3. The number of pyridine rings is 1. The zero-order chi connectivity index (χ0) is 21.3. The number of para-hydroxylation sites is 2. The van der Waals surface area contributed by atoms with Gasteiger partial charge in [0.15, 0.2) is 5.82 Å². The second-order valence-corrected chi connectivity index (χ2v) is 7.59. The highest BCUT2D eigenvalue weighted by molar-refractivity contribution is 5.75. The summed E-state index contributed by atoms with van der Waals surface area (Å²) in [5, 5.41) is 0. The number of benzene rings is 2. The summed E-state index contributed by atoms with van der Waals surface area (Å²) in [6.45, 7) is 1.43. The quantitative estimate of drug-likeness (QED) is 0.443. The van der Waals surface area contributed by atoms with Crippen molar-refractivity contribution in [2.45, 2.75) is 24.7 Å². The Morgan fingerprint density at radius 2 is 1.74 bits per heavy atom. The van der Waals surface area contributed by atoms with Crippen molar-refractivity contribution in [1.82, 2.24) is 15.0 Å². The van der Waals surface area contributed by atoms with Crippen LogP contribution in [0.2, 0.25) is 0 Å². The fraction of sp³-hybridized carbons (Fsp3) is 0.250. The Hall–Kier alpha value is -3.32. The minimum absolute atomic E-state index is 0.162. The van der Waals surface area contributed by atoms with Crippen molar-refractivity contribution >= 4 is 11.0 Å². The average molecular weight is 421 g/mol. The molecule has 2 aromatic heterocycles. The SMILES string of the molecule is FC(F)(c1ccc(Oc2ncccc2C2CCOCC2)cc1)c1nc2ccccc2[nH]1. The van der Waals surface area contributed by atoms with Crippen LogP contribution in [0.1, 0.15) is 35.7 Å². The molecule has 0 spiro atoms. The molecule has 1 aliphatic rings. The van der Waals surface area contributed by atoms with Gasteiger partial charge in [-0.3, -0.25) is 0 Å². The summed E-state index contributed by atoms with van der Waals surface area (Å²) in [7, 11) is 0. The standard InChI is InChI=1S/C24H21F2N3O2/c25-24(26,23-28-20-5-1-2-6-21(20)29-23)17-7-9-18(10-8-17)31-22-19(4-3-13-27-22)16-11-14-30-15-12-16/h1-10,13,16H,11-12,14-15H2,(H,28,29). The fourth-order valence-electron chi connectivity index (χ4n) is 3.89. The van der Waals surface area contributed by atoms with Gasteiger partial charge in [0.1, 0.15) is 5.75 Å². The number of hydrogen-bond donors (Lipinski definition) is 1. The monoisotopic (exact) mass is 421 g/mol. The number of fused-ring (bicyclic) bond motifs is 1. The molecule has 31 heavy (non-hydrogen) atoms. The van der Waals surface area contributed by atoms with E-state index in [1.54, 1.807) is 30.5 Å². The van der Waals surface area contributed by atoms with E-state index < -0.39 is 5.92 Å². The van der Waals surface area contributed by atoms with Crippen molar-refractivity contribution in [3.05, 3.63) is 83.8 Å². The molecule has 5 rings (SSSR count). The highest BCUT2D eigenvalue weighted by Crippen LogP contribution is 2.37. The fourth-order valence-corrected chi connectivity index (χ4v) is 3.89. The van der Waals surface area contributed by atoms with Crippen molar-refractivity contribution in [2.75, 3.05) is 13.2 Å². The zero-order valence-corrected chi connectivity index (χ0v) is 16.7. The van der Waals surface area contributed by atoms with Gasteiger partial charge in [0.2, 0.25) is 5.88 Å². The maximum absolute atomic E-state index is 15.0. The maximum atomic E-state index is 15.0. The molecule has 4 aromatic rings. The molecular formula is C24H21F2N3O2. The minimum Gasteiger partial charge on any atom is -0.439 e. The van der Waals surface area contributed by atoms with Gasteiger partial charge in [-0.25, -0.2) is 9.97 Å². The molecule has 0 bridgehead atoms. The van der Waals surface area contributed by atoms with Gasteiger partial charge < -0.3 is 14.5 Å². The van der Waals surface area contributed by atoms with Gasteiger partial charge in [0.05, 0.1) is 11.0 Å². The lowest BCUT2D eigenvalue weighted by molar-refractivity contribution is 0.0340. The first kappa shape index (κ1) is 19.6. The molecule has 1 N–H and O–H groups in total. The van der Waals surface area contributed by atoms with Crippen molar-refractivity contribution in [1.29, 1.82) is 0 Å². The smallest absolute Gasteiger partial charge is 0.329 e. The second-order valence-electron chi connectivity index (χ2n) is 7.59. The van der Waals surface area contributed by atoms with Crippen LogP contribution >= 0.6 is 0 Å². The summed E-state index contributed by atoms with van der Waals surface area (Å²) in [5.41, 5.74) is 1.94. The van der Waals surface area contributed by atoms with E-state index in [1.807, 2.05) is 12.1 Å². The molecule has 5 nitrogen and oxygen atoms in total. The molecule has 158 valence electrons. The van der Waals surface area contributed by atoms with Crippen LogP contribution in [-0.2, 0) is 10.7 Å². The Morgan fingerprint density at radius 1 is 0.968 bits per heavy atom. The molecule has 0 saturated carbocycles. The highest BCUT2D eigenvalue weighted by atomic mass is 19.3. The Morgan fingerprint density at radius 3 is 2.52 bits per heavy atom. The van der Waals surface area contributed by atoms with E-state index in [1.165, 1.54) is 24.3 Å². The van der Waals surface area contributed by atoms with Crippen LogP contribution in [0.4, 0.5) is 8.78 Å². The number of ether oxygens (including phenoxy) is 2. The van der Waals surface area contributed by atoms with Crippen molar-refractivity contribution in [3.8, 4) is 11.6 Å². The molecule has 2 aromatic carbocycles. The Kier molecular flexibility index (Phi) is 5.11. The van der Waals surface area contributed by atoms with Gasteiger partial charge >= 0.3 is 5.92 Å². The molecule has 0 aliphatic carbocycles. The van der Waals surface area contributed by atoms with Crippen LogP contribution in [0, 0.1) is 0 Å². The molecular weight excluding hydrogens is 400 g/mol. The van der Waals surface area contributed by atoms with Crippen LogP contribution in [0.3, 0.4) is 0 Å². The van der Waals surface area contributed by atoms with Crippen molar-refractivity contribution < 1.29 is 18.3 Å². The predicted molar refractivity (Wildman–Crippen MR) is 113 cm³/mol. The maximum Gasteiger partial charge on any atom is 0.329 e. The van der Waals surface area contributed by atoms with E-state index in [9.17, 15) is 0 Å². The van der Waals surface area contributed by atoms with Gasteiger partial charge in [-0.2, -0.15) is 8.78 Å². The highest BCUT2D eigenvalue weighted by Gasteiger charge is 2.37. The lowest BCUT2D eigenvalue weighted by Gasteiger charge is -2.23. The van der Waals surface area contributed by atoms with E-state index >= 15 is 8.78 Å². The van der Waals surface area contributed by atoms with Crippen LogP contribution in [-0.4, -0.2) is 28.2 Å². The lowest BCUT2D eigenvalue weighted by atomic mass is 9.92. The average Bonchev–Trinajstić information content (AvgIpc) is 3.26. The summed E-state index contributed by atoms with van der Waals surface area (Å²) in [5.74, 6) is -2.36. The van der Waals surface area contributed by atoms with Crippen LogP contribution in [0.5, 0.6) is 11.6 Å². The van der Waals surface area contributed by atoms with Gasteiger partial charge in [0, 0.05) is 30.5 Å². The molecule has 3 heterocycles. The van der Waals surface area contributed by atoms with E-state index in [0.29, 0.717) is 41.8 Å². The molecule has 0 amide bonds. The summed E-state index contributed by atoms with van der Waals surface area (Å²) < 4.78 is 41.5. The third-order valence-electron chi connectivity index (χ3n) is 5.58. The number of nitrogens with one attached hydrogen (secondary N) is 1. The number of aromatic nitrogens is 3. The molecule has 0 radical (unpaired) electrons. The van der Waals surface area contributed by atoms with Crippen LogP contribution in [0.15, 0.2) is 66.9 Å². The molecule has 1 saturated heterocycles. The van der Waals surface area contributed by atoms with Gasteiger partial charge in [0.25, 0.3) is 0 Å². The molecule has 0 atom stereocenters. The third kappa shape index (κ3) is 3.88. The third-order valence-corrected chi connectivity index (χ3v) is 5.58. The first-order valence-corrected chi connectivity index (χ1v) is 10.3. The molecule has 0 unspecified atom stereocenters. The normalized spacial score (nSPS) is 15.3. The summed E-state index contributed by atoms with van der Waals surface area (Å²) in [6.07, 6.45) is 3.48. The summed E-state index contributed by atoms with van der Waals surface area (Å²) in [4.78, 5) is 11.1. The summed E-state index contributed by atoms with van der Waals surface area (Å²) >= 11 is 0. The van der Waals surface area contributed by atoms with E-state index in [4.69, 9.17) is 9.47 Å². The number of rotatable bonds is 5. The number of aromatic amines is 1. The van der Waals surface area contributed by atoms with E-state index in [-0.39, 0.29) is 11.4 Å². The van der Waals surface area contributed by atoms with Gasteiger partial charge in [-0.1, -0.05) is 18.2 Å². The Bertz CT molecular complexity index is 1150. The van der Waals surface area contributed by atoms with E-state index in [2.05, 4.69) is 15.0 Å².